The minimum atomic E-state index is 0.616. The van der Waals surface area contributed by atoms with Gasteiger partial charge in [-0.2, -0.15) is 0 Å². The van der Waals surface area contributed by atoms with Crippen molar-refractivity contribution in [3.05, 3.63) is 29.3 Å². The van der Waals surface area contributed by atoms with Gasteiger partial charge in [-0.05, 0) is 42.3 Å². The van der Waals surface area contributed by atoms with Crippen LogP contribution >= 0.6 is 0 Å². The summed E-state index contributed by atoms with van der Waals surface area (Å²) in [5, 5.41) is 0. The molecule has 0 saturated heterocycles. The van der Waals surface area contributed by atoms with Gasteiger partial charge < -0.3 is 10.5 Å². The zero-order valence-electron chi connectivity index (χ0n) is 11.0. The van der Waals surface area contributed by atoms with E-state index in [1.165, 1.54) is 49.0 Å². The highest BCUT2D eigenvalue weighted by Crippen LogP contribution is 2.42. The lowest BCUT2D eigenvalue weighted by Gasteiger charge is -2.25. The van der Waals surface area contributed by atoms with Gasteiger partial charge in [-0.25, -0.2) is 0 Å². The Kier molecular flexibility index (Phi) is 3.55. The lowest BCUT2D eigenvalue weighted by Crippen LogP contribution is -2.21. The van der Waals surface area contributed by atoms with Crippen molar-refractivity contribution in [2.45, 2.75) is 44.4 Å². The number of ether oxygens (including phenoxy) is 1. The van der Waals surface area contributed by atoms with Crippen molar-refractivity contribution in [3.63, 3.8) is 0 Å². The third-order valence-corrected chi connectivity index (χ3v) is 4.61. The summed E-state index contributed by atoms with van der Waals surface area (Å²) in [5.74, 6) is 2.44. The van der Waals surface area contributed by atoms with Gasteiger partial charge in [0.25, 0.3) is 0 Å². The molecule has 18 heavy (non-hydrogen) atoms. The van der Waals surface area contributed by atoms with Crippen molar-refractivity contribution in [1.29, 1.82) is 0 Å². The lowest BCUT2D eigenvalue weighted by atomic mass is 9.81. The van der Waals surface area contributed by atoms with Crippen LogP contribution in [0.4, 0.5) is 0 Å². The first kappa shape index (κ1) is 12.0. The van der Waals surface area contributed by atoms with Gasteiger partial charge in [0.1, 0.15) is 5.75 Å². The molecule has 0 amide bonds. The van der Waals surface area contributed by atoms with E-state index < -0.39 is 0 Å². The standard InChI is InChI=1S/C16H23NO/c17-11-13-5-2-1-3-7-14(13)15-8-4-6-12-9-10-18-16(12)15/h4,6,8,13-14H,1-3,5,7,9-11,17H2. The van der Waals surface area contributed by atoms with Crippen LogP contribution in [0.2, 0.25) is 0 Å². The summed E-state index contributed by atoms with van der Waals surface area (Å²) >= 11 is 0. The number of benzene rings is 1. The van der Waals surface area contributed by atoms with Gasteiger partial charge in [0, 0.05) is 6.42 Å². The SMILES string of the molecule is NCC1CCCCCC1c1cccc2c1OCC2. The highest BCUT2D eigenvalue weighted by Gasteiger charge is 2.28. The Morgan fingerprint density at radius 2 is 2.06 bits per heavy atom. The molecule has 0 aromatic heterocycles. The first-order valence-electron chi connectivity index (χ1n) is 7.35. The summed E-state index contributed by atoms with van der Waals surface area (Å²) in [4.78, 5) is 0. The van der Waals surface area contributed by atoms with Gasteiger partial charge in [-0.1, -0.05) is 37.5 Å². The van der Waals surface area contributed by atoms with Crippen LogP contribution in [0.3, 0.4) is 0 Å². The predicted molar refractivity (Wildman–Crippen MR) is 74.0 cm³/mol. The summed E-state index contributed by atoms with van der Waals surface area (Å²) in [6, 6.07) is 6.67. The second-order valence-corrected chi connectivity index (χ2v) is 5.67. The molecule has 2 nitrogen and oxygen atoms in total. The summed E-state index contributed by atoms with van der Waals surface area (Å²) < 4.78 is 5.88. The third-order valence-electron chi connectivity index (χ3n) is 4.61. The fourth-order valence-electron chi connectivity index (χ4n) is 3.61. The Bertz CT molecular complexity index is 416. The molecule has 0 spiro atoms. The monoisotopic (exact) mass is 245 g/mol. The van der Waals surface area contributed by atoms with Gasteiger partial charge in [-0.15, -0.1) is 0 Å². The van der Waals surface area contributed by atoms with Crippen molar-refractivity contribution in [1.82, 2.24) is 0 Å². The number of para-hydroxylation sites is 1. The normalized spacial score (nSPS) is 27.4. The molecule has 1 aromatic carbocycles. The number of hydrogen-bond acceptors (Lipinski definition) is 2. The summed E-state index contributed by atoms with van der Waals surface area (Å²) in [6.07, 6.45) is 7.68. The van der Waals surface area contributed by atoms with E-state index in [2.05, 4.69) is 18.2 Å². The molecule has 3 rings (SSSR count). The van der Waals surface area contributed by atoms with Crippen LogP contribution < -0.4 is 10.5 Å². The van der Waals surface area contributed by atoms with Gasteiger partial charge in [0.05, 0.1) is 6.61 Å². The minimum Gasteiger partial charge on any atom is -0.493 e. The molecule has 1 aromatic rings. The van der Waals surface area contributed by atoms with Gasteiger partial charge >= 0.3 is 0 Å². The number of fused-ring (bicyclic) bond motifs is 1. The van der Waals surface area contributed by atoms with Crippen molar-refractivity contribution in [2.75, 3.05) is 13.2 Å². The topological polar surface area (TPSA) is 35.2 Å². The highest BCUT2D eigenvalue weighted by atomic mass is 16.5. The molecular formula is C16H23NO. The second kappa shape index (κ2) is 5.31. The fraction of sp³-hybridized carbons (Fsp3) is 0.625. The Morgan fingerprint density at radius 3 is 2.94 bits per heavy atom. The van der Waals surface area contributed by atoms with Crippen LogP contribution in [0.5, 0.6) is 5.75 Å². The van der Waals surface area contributed by atoms with E-state index in [4.69, 9.17) is 10.5 Å². The van der Waals surface area contributed by atoms with Crippen LogP contribution in [0.25, 0.3) is 0 Å². The lowest BCUT2D eigenvalue weighted by molar-refractivity contribution is 0.339. The van der Waals surface area contributed by atoms with Gasteiger partial charge in [0.2, 0.25) is 0 Å². The van der Waals surface area contributed by atoms with Crippen molar-refractivity contribution in [2.24, 2.45) is 11.7 Å². The Morgan fingerprint density at radius 1 is 1.17 bits per heavy atom. The Labute approximate surface area is 110 Å². The average Bonchev–Trinajstić information content (AvgIpc) is 2.76. The van der Waals surface area contributed by atoms with E-state index in [1.54, 1.807) is 0 Å². The number of rotatable bonds is 2. The first-order chi connectivity index (χ1) is 8.90. The molecule has 2 atom stereocenters. The van der Waals surface area contributed by atoms with E-state index in [1.807, 2.05) is 0 Å². The summed E-state index contributed by atoms with van der Waals surface area (Å²) in [6.45, 7) is 1.67. The molecule has 1 aliphatic carbocycles. The smallest absolute Gasteiger partial charge is 0.126 e. The van der Waals surface area contributed by atoms with E-state index in [0.717, 1.165) is 19.6 Å². The second-order valence-electron chi connectivity index (χ2n) is 5.67. The maximum absolute atomic E-state index is 6.00. The molecule has 2 heteroatoms. The zero-order chi connectivity index (χ0) is 12.4. The molecule has 0 bridgehead atoms. The number of nitrogens with two attached hydrogens (primary N) is 1. The molecular weight excluding hydrogens is 222 g/mol. The first-order valence-corrected chi connectivity index (χ1v) is 7.35. The molecule has 2 N–H and O–H groups in total. The highest BCUT2D eigenvalue weighted by molar-refractivity contribution is 5.46. The fourth-order valence-corrected chi connectivity index (χ4v) is 3.61. The zero-order valence-corrected chi connectivity index (χ0v) is 11.0. The van der Waals surface area contributed by atoms with Crippen LogP contribution in [0, 0.1) is 5.92 Å². The third kappa shape index (κ3) is 2.14. The molecule has 1 fully saturated rings. The molecule has 1 saturated carbocycles. The van der Waals surface area contributed by atoms with Crippen molar-refractivity contribution in [3.8, 4) is 5.75 Å². The minimum absolute atomic E-state index is 0.616. The van der Waals surface area contributed by atoms with E-state index in [-0.39, 0.29) is 0 Å². The van der Waals surface area contributed by atoms with E-state index >= 15 is 0 Å². The summed E-state index contributed by atoms with van der Waals surface area (Å²) in [7, 11) is 0. The molecule has 2 unspecified atom stereocenters. The molecule has 2 aliphatic rings. The molecule has 0 radical (unpaired) electrons. The van der Waals surface area contributed by atoms with Crippen LogP contribution in [-0.4, -0.2) is 13.2 Å². The van der Waals surface area contributed by atoms with Crippen LogP contribution in [-0.2, 0) is 6.42 Å². The molecule has 98 valence electrons. The van der Waals surface area contributed by atoms with Crippen LogP contribution in [0.15, 0.2) is 18.2 Å². The van der Waals surface area contributed by atoms with Crippen LogP contribution in [0.1, 0.15) is 49.1 Å². The largest absolute Gasteiger partial charge is 0.493 e. The van der Waals surface area contributed by atoms with Crippen molar-refractivity contribution >= 4 is 0 Å². The van der Waals surface area contributed by atoms with E-state index in [9.17, 15) is 0 Å². The van der Waals surface area contributed by atoms with Gasteiger partial charge in [0.15, 0.2) is 0 Å². The summed E-state index contributed by atoms with van der Waals surface area (Å²) in [5.41, 5.74) is 8.83. The molecule has 1 heterocycles. The maximum Gasteiger partial charge on any atom is 0.126 e. The average molecular weight is 245 g/mol. The van der Waals surface area contributed by atoms with E-state index in [0.29, 0.717) is 11.8 Å². The number of hydrogen-bond donors (Lipinski definition) is 1. The Hall–Kier alpha value is -1.02. The Balaban J connectivity index is 1.94. The maximum atomic E-state index is 6.00. The predicted octanol–water partition coefficient (Wildman–Crippen LogP) is 3.24. The van der Waals surface area contributed by atoms with Gasteiger partial charge in [-0.3, -0.25) is 0 Å². The molecule has 1 aliphatic heterocycles. The quantitative estimate of drug-likeness (QED) is 0.812. The van der Waals surface area contributed by atoms with Crippen molar-refractivity contribution < 1.29 is 4.74 Å².